The van der Waals surface area contributed by atoms with Crippen LogP contribution in [0.4, 0.5) is 0 Å². The van der Waals surface area contributed by atoms with E-state index in [4.69, 9.17) is 9.05 Å². The van der Waals surface area contributed by atoms with Gasteiger partial charge in [-0.05, 0) is 17.7 Å². The van der Waals surface area contributed by atoms with Crippen molar-refractivity contribution in [2.75, 3.05) is 6.61 Å². The summed E-state index contributed by atoms with van der Waals surface area (Å²) in [6, 6.07) is 19.7. The number of benzene rings is 2. The topological polar surface area (TPSA) is 47.6 Å². The first-order chi connectivity index (χ1) is 10.7. The smallest absolute Gasteiger partial charge is 0.217 e. The van der Waals surface area contributed by atoms with Gasteiger partial charge in [0.1, 0.15) is 6.10 Å². The lowest BCUT2D eigenvalue weighted by Gasteiger charge is -2.36. The fourth-order valence-corrected chi connectivity index (χ4v) is 3.96. The Morgan fingerprint density at radius 2 is 1.73 bits per heavy atom. The van der Waals surface area contributed by atoms with Crippen molar-refractivity contribution in [3.05, 3.63) is 66.2 Å². The fraction of sp³-hybridized carbons (Fsp3) is 0.235. The van der Waals surface area contributed by atoms with Gasteiger partial charge >= 0.3 is 0 Å². The second-order valence-electron chi connectivity index (χ2n) is 5.13. The summed E-state index contributed by atoms with van der Waals surface area (Å²) in [5.74, 6) is -0.0796. The average Bonchev–Trinajstić information content (AvgIpc) is 2.56. The highest BCUT2D eigenvalue weighted by Crippen LogP contribution is 2.47. The Morgan fingerprint density at radius 3 is 2.36 bits per heavy atom. The van der Waals surface area contributed by atoms with Gasteiger partial charge in [0.05, 0.1) is 12.6 Å². The average molecular weight is 315 g/mol. The number of rotatable bonds is 3. The highest BCUT2D eigenvalue weighted by atomic mass is 31.2. The molecule has 1 N–H and O–H groups in total. The minimum absolute atomic E-state index is 0.0796. The van der Waals surface area contributed by atoms with Crippen molar-refractivity contribution >= 4 is 19.6 Å². The predicted octanol–water partition coefficient (Wildman–Crippen LogP) is 2.92. The third-order valence-corrected chi connectivity index (χ3v) is 4.95. The van der Waals surface area contributed by atoms with Gasteiger partial charge in [0.2, 0.25) is 14.3 Å². The summed E-state index contributed by atoms with van der Waals surface area (Å²) in [7, 11) is -1.13. The van der Waals surface area contributed by atoms with E-state index in [9.17, 15) is 4.79 Å². The van der Waals surface area contributed by atoms with Gasteiger partial charge in [0.15, 0.2) is 0 Å². The Hall–Kier alpha value is -1.74. The van der Waals surface area contributed by atoms with Crippen LogP contribution in [0.3, 0.4) is 0 Å². The van der Waals surface area contributed by atoms with Crippen LogP contribution in [0.15, 0.2) is 60.7 Å². The molecule has 5 heteroatoms. The molecule has 0 bridgehead atoms. The summed E-state index contributed by atoms with van der Waals surface area (Å²) in [5, 5.41) is 3.97. The second kappa shape index (κ2) is 7.01. The minimum atomic E-state index is -1.13. The maximum atomic E-state index is 11.4. The maximum Gasteiger partial charge on any atom is 0.217 e. The highest BCUT2D eigenvalue weighted by Gasteiger charge is 2.35. The van der Waals surface area contributed by atoms with Crippen molar-refractivity contribution in [3.63, 3.8) is 0 Å². The monoisotopic (exact) mass is 315 g/mol. The van der Waals surface area contributed by atoms with Crippen LogP contribution in [0, 0.1) is 0 Å². The number of hydrogen-bond donors (Lipinski definition) is 1. The summed E-state index contributed by atoms with van der Waals surface area (Å²) in [4.78, 5) is 11.4. The number of carbonyl (C=O) groups is 1. The van der Waals surface area contributed by atoms with Gasteiger partial charge in [-0.15, -0.1) is 0 Å². The molecule has 3 unspecified atom stereocenters. The summed E-state index contributed by atoms with van der Waals surface area (Å²) >= 11 is 0. The largest absolute Gasteiger partial charge is 0.348 e. The molecule has 2 aromatic rings. The van der Waals surface area contributed by atoms with Crippen molar-refractivity contribution < 1.29 is 13.8 Å². The molecule has 4 nitrogen and oxygen atoms in total. The van der Waals surface area contributed by atoms with E-state index in [-0.39, 0.29) is 18.1 Å². The van der Waals surface area contributed by atoms with E-state index in [1.54, 1.807) is 0 Å². The van der Waals surface area contributed by atoms with Crippen LogP contribution < -0.4 is 10.6 Å². The summed E-state index contributed by atoms with van der Waals surface area (Å²) in [5.41, 5.74) is 1.05. The summed E-state index contributed by atoms with van der Waals surface area (Å²) < 4.78 is 12.1. The molecule has 1 aliphatic heterocycles. The summed E-state index contributed by atoms with van der Waals surface area (Å²) in [6.07, 6.45) is -0.204. The van der Waals surface area contributed by atoms with Crippen molar-refractivity contribution in [2.45, 2.75) is 19.1 Å². The van der Waals surface area contributed by atoms with Gasteiger partial charge in [-0.1, -0.05) is 48.5 Å². The zero-order valence-electron chi connectivity index (χ0n) is 12.3. The Morgan fingerprint density at radius 1 is 1.09 bits per heavy atom. The SMILES string of the molecule is CC(=O)NC1COP(c2ccccc2)OC1c1ccccc1. The number of carbonyl (C=O) groups excluding carboxylic acids is 1. The fourth-order valence-electron chi connectivity index (χ4n) is 2.44. The first-order valence-corrected chi connectivity index (χ1v) is 8.39. The van der Waals surface area contributed by atoms with E-state index in [1.807, 2.05) is 60.7 Å². The van der Waals surface area contributed by atoms with Gasteiger partial charge in [0.25, 0.3) is 0 Å². The Balaban J connectivity index is 1.84. The van der Waals surface area contributed by atoms with E-state index in [1.165, 1.54) is 6.92 Å². The van der Waals surface area contributed by atoms with Gasteiger partial charge < -0.3 is 14.4 Å². The van der Waals surface area contributed by atoms with Gasteiger partial charge in [-0.3, -0.25) is 4.79 Å². The van der Waals surface area contributed by atoms with E-state index >= 15 is 0 Å². The Bertz CT molecular complexity index is 620. The molecule has 0 radical (unpaired) electrons. The molecule has 0 saturated carbocycles. The molecule has 0 aromatic heterocycles. The quantitative estimate of drug-likeness (QED) is 0.886. The molecule has 1 heterocycles. The second-order valence-corrected chi connectivity index (χ2v) is 6.63. The molecule has 1 aliphatic rings. The van der Waals surface area contributed by atoms with Crippen LogP contribution in [0.2, 0.25) is 0 Å². The molecule has 114 valence electrons. The molecule has 1 amide bonds. The Kier molecular flexibility index (Phi) is 4.84. The molecular formula is C17H18NO3P. The molecule has 3 rings (SSSR count). The van der Waals surface area contributed by atoms with Crippen LogP contribution in [-0.4, -0.2) is 18.6 Å². The van der Waals surface area contributed by atoms with E-state index in [0.717, 1.165) is 10.9 Å². The molecule has 0 aliphatic carbocycles. The molecule has 2 aromatic carbocycles. The maximum absolute atomic E-state index is 11.4. The molecule has 22 heavy (non-hydrogen) atoms. The van der Waals surface area contributed by atoms with Crippen LogP contribution in [-0.2, 0) is 13.8 Å². The molecule has 1 saturated heterocycles. The van der Waals surface area contributed by atoms with Gasteiger partial charge in [0, 0.05) is 12.2 Å². The third kappa shape index (κ3) is 3.53. The minimum Gasteiger partial charge on any atom is -0.348 e. The third-order valence-electron chi connectivity index (χ3n) is 3.43. The molecule has 0 spiro atoms. The van der Waals surface area contributed by atoms with Crippen molar-refractivity contribution in [1.82, 2.24) is 5.32 Å². The van der Waals surface area contributed by atoms with Gasteiger partial charge in [-0.25, -0.2) is 0 Å². The normalized spacial score (nSPS) is 24.7. The lowest BCUT2D eigenvalue weighted by molar-refractivity contribution is -0.121. The van der Waals surface area contributed by atoms with Crippen molar-refractivity contribution in [2.24, 2.45) is 0 Å². The first kappa shape index (κ1) is 15.2. The standard InChI is InChI=1S/C17H18NO3P/c1-13(19)18-16-12-20-22(15-10-6-3-7-11-15)21-17(16)14-8-4-2-5-9-14/h2-11,16-17H,12H2,1H3,(H,18,19). The van der Waals surface area contributed by atoms with Crippen LogP contribution in [0.5, 0.6) is 0 Å². The summed E-state index contributed by atoms with van der Waals surface area (Å²) in [6.45, 7) is 1.95. The lowest BCUT2D eigenvalue weighted by Crippen LogP contribution is -2.44. The zero-order valence-corrected chi connectivity index (χ0v) is 13.2. The number of nitrogens with one attached hydrogen (secondary N) is 1. The highest BCUT2D eigenvalue weighted by molar-refractivity contribution is 7.56. The van der Waals surface area contributed by atoms with Crippen LogP contribution in [0.1, 0.15) is 18.6 Å². The van der Waals surface area contributed by atoms with Crippen molar-refractivity contribution in [3.8, 4) is 0 Å². The molecule has 3 atom stereocenters. The first-order valence-electron chi connectivity index (χ1n) is 7.21. The van der Waals surface area contributed by atoms with Gasteiger partial charge in [-0.2, -0.15) is 0 Å². The van der Waals surface area contributed by atoms with E-state index in [2.05, 4.69) is 5.32 Å². The zero-order chi connectivity index (χ0) is 15.4. The van der Waals surface area contributed by atoms with E-state index in [0.29, 0.717) is 6.61 Å². The van der Waals surface area contributed by atoms with Crippen molar-refractivity contribution in [1.29, 1.82) is 0 Å². The number of hydrogen-bond acceptors (Lipinski definition) is 3. The Labute approximate surface area is 131 Å². The van der Waals surface area contributed by atoms with Crippen LogP contribution in [0.25, 0.3) is 0 Å². The van der Waals surface area contributed by atoms with E-state index < -0.39 is 8.38 Å². The lowest BCUT2D eigenvalue weighted by atomic mass is 10.0. The number of amides is 1. The molecule has 1 fully saturated rings. The molecular weight excluding hydrogens is 297 g/mol. The predicted molar refractivity (Wildman–Crippen MR) is 86.8 cm³/mol. The van der Waals surface area contributed by atoms with Crippen LogP contribution >= 0.6 is 8.38 Å².